The molecule has 0 aromatic heterocycles. The van der Waals surface area contributed by atoms with Crippen LogP contribution in [-0.4, -0.2) is 30.2 Å². The first-order valence-electron chi connectivity index (χ1n) is 5.91. The van der Waals surface area contributed by atoms with Gasteiger partial charge in [0.25, 0.3) is 0 Å². The summed E-state index contributed by atoms with van der Waals surface area (Å²) in [5.74, 6) is 0.609. The fourth-order valence-electron chi connectivity index (χ4n) is 2.36. The van der Waals surface area contributed by atoms with Gasteiger partial charge in [-0.2, -0.15) is 24.9 Å². The van der Waals surface area contributed by atoms with Crippen molar-refractivity contribution in [2.45, 2.75) is 29.9 Å². The lowest BCUT2D eigenvalue weighted by molar-refractivity contribution is -0.207. The summed E-state index contributed by atoms with van der Waals surface area (Å²) in [5, 5.41) is 9.38. The highest BCUT2D eigenvalue weighted by molar-refractivity contribution is 7.99. The molecule has 0 bridgehead atoms. The average Bonchev–Trinajstić information content (AvgIpc) is 2.38. The van der Waals surface area contributed by atoms with Crippen molar-refractivity contribution in [1.29, 1.82) is 0 Å². The van der Waals surface area contributed by atoms with Crippen LogP contribution in [0.25, 0.3) is 0 Å². The Balaban J connectivity index is 2.34. The molecule has 1 aliphatic rings. The predicted molar refractivity (Wildman–Crippen MR) is 68.4 cm³/mol. The number of alkyl halides is 3. The summed E-state index contributed by atoms with van der Waals surface area (Å²) in [7, 11) is 0. The van der Waals surface area contributed by atoms with Gasteiger partial charge in [0, 0.05) is 18.4 Å². The van der Waals surface area contributed by atoms with E-state index in [-0.39, 0.29) is 6.42 Å². The van der Waals surface area contributed by atoms with Crippen LogP contribution in [0, 0.1) is 0 Å². The number of hydrogen-bond donors (Lipinski definition) is 1. The van der Waals surface area contributed by atoms with E-state index in [0.717, 1.165) is 5.56 Å². The first-order valence-corrected chi connectivity index (χ1v) is 7.14. The fourth-order valence-corrected chi connectivity index (χ4v) is 3.37. The number of rotatable bonds is 3. The number of halogens is 3. The minimum Gasteiger partial charge on any atom is -0.493 e. The van der Waals surface area contributed by atoms with E-state index < -0.39 is 17.0 Å². The SMILES string of the molecule is CSC1(CC(O)C(F)(F)F)CCOc2ccccc21. The van der Waals surface area contributed by atoms with Gasteiger partial charge in [0.15, 0.2) is 6.10 Å². The van der Waals surface area contributed by atoms with E-state index >= 15 is 0 Å². The second kappa shape index (κ2) is 5.25. The van der Waals surface area contributed by atoms with Crippen molar-refractivity contribution in [1.82, 2.24) is 0 Å². The standard InChI is InChI=1S/C13H15F3O2S/c1-19-12(8-11(17)13(14,15)16)6-7-18-10-5-3-2-4-9(10)12/h2-5,11,17H,6-8H2,1H3. The summed E-state index contributed by atoms with van der Waals surface area (Å²) in [6.45, 7) is 0.364. The van der Waals surface area contributed by atoms with E-state index in [9.17, 15) is 18.3 Å². The molecular weight excluding hydrogens is 277 g/mol. The fraction of sp³-hybridized carbons (Fsp3) is 0.538. The molecule has 2 unspecified atom stereocenters. The minimum atomic E-state index is -4.59. The molecule has 2 nitrogen and oxygen atoms in total. The lowest BCUT2D eigenvalue weighted by Crippen LogP contribution is -2.39. The van der Waals surface area contributed by atoms with E-state index in [4.69, 9.17) is 4.74 Å². The maximum Gasteiger partial charge on any atom is 0.414 e. The van der Waals surface area contributed by atoms with Gasteiger partial charge in [-0.05, 0) is 12.3 Å². The van der Waals surface area contributed by atoms with Crippen LogP contribution in [0.5, 0.6) is 5.75 Å². The molecule has 0 aliphatic carbocycles. The zero-order valence-electron chi connectivity index (χ0n) is 10.4. The Hall–Kier alpha value is -0.880. The number of aliphatic hydroxyl groups excluding tert-OH is 1. The molecule has 1 aliphatic heterocycles. The van der Waals surface area contributed by atoms with E-state index in [1.165, 1.54) is 11.8 Å². The van der Waals surface area contributed by atoms with E-state index in [1.54, 1.807) is 30.5 Å². The van der Waals surface area contributed by atoms with Crippen molar-refractivity contribution >= 4 is 11.8 Å². The number of hydrogen-bond acceptors (Lipinski definition) is 3. The van der Waals surface area contributed by atoms with E-state index in [1.807, 2.05) is 0 Å². The Kier molecular flexibility index (Phi) is 4.01. The highest BCUT2D eigenvalue weighted by Gasteiger charge is 2.46. The third-order valence-electron chi connectivity index (χ3n) is 3.43. The highest BCUT2D eigenvalue weighted by atomic mass is 32.2. The van der Waals surface area contributed by atoms with Gasteiger partial charge in [0.05, 0.1) is 11.4 Å². The topological polar surface area (TPSA) is 29.5 Å². The van der Waals surface area contributed by atoms with Crippen molar-refractivity contribution in [3.05, 3.63) is 29.8 Å². The predicted octanol–water partition coefficient (Wildman–Crippen LogP) is 3.34. The molecular formula is C13H15F3O2S. The lowest BCUT2D eigenvalue weighted by Gasteiger charge is -2.39. The number of fused-ring (bicyclic) bond motifs is 1. The second-order valence-corrected chi connectivity index (χ2v) is 5.74. The first kappa shape index (κ1) is 14.5. The molecule has 0 fully saturated rings. The highest BCUT2D eigenvalue weighted by Crippen LogP contribution is 2.49. The van der Waals surface area contributed by atoms with Gasteiger partial charge in [-0.1, -0.05) is 18.2 Å². The van der Waals surface area contributed by atoms with Crippen LogP contribution in [0.1, 0.15) is 18.4 Å². The van der Waals surface area contributed by atoms with Gasteiger partial charge in [0.1, 0.15) is 5.75 Å². The summed E-state index contributed by atoms with van der Waals surface area (Å²) in [5.41, 5.74) is 0.733. The van der Waals surface area contributed by atoms with Crippen molar-refractivity contribution in [2.24, 2.45) is 0 Å². The van der Waals surface area contributed by atoms with Gasteiger partial charge in [-0.25, -0.2) is 0 Å². The van der Waals surface area contributed by atoms with Crippen molar-refractivity contribution in [2.75, 3.05) is 12.9 Å². The van der Waals surface area contributed by atoms with Gasteiger partial charge in [-0.3, -0.25) is 0 Å². The smallest absolute Gasteiger partial charge is 0.414 e. The monoisotopic (exact) mass is 292 g/mol. The zero-order valence-corrected chi connectivity index (χ0v) is 11.2. The molecule has 2 atom stereocenters. The molecule has 1 heterocycles. The van der Waals surface area contributed by atoms with E-state index in [2.05, 4.69) is 0 Å². The van der Waals surface area contributed by atoms with Crippen LogP contribution in [0.15, 0.2) is 24.3 Å². The molecule has 1 aromatic rings. The van der Waals surface area contributed by atoms with Gasteiger partial charge >= 0.3 is 6.18 Å². The molecule has 1 aromatic carbocycles. The summed E-state index contributed by atoms with van der Waals surface area (Å²) in [6, 6.07) is 7.08. The minimum absolute atomic E-state index is 0.349. The summed E-state index contributed by atoms with van der Waals surface area (Å²) in [6.07, 6.45) is -5.02. The Morgan fingerprint density at radius 1 is 1.42 bits per heavy atom. The van der Waals surface area contributed by atoms with Crippen molar-refractivity contribution in [3.8, 4) is 5.75 Å². The van der Waals surface area contributed by atoms with Crippen LogP contribution < -0.4 is 4.74 Å². The van der Waals surface area contributed by atoms with Gasteiger partial charge in [-0.15, -0.1) is 0 Å². The molecule has 1 N–H and O–H groups in total. The first-order chi connectivity index (χ1) is 8.89. The number of benzene rings is 1. The normalized spacial score (nSPS) is 24.5. The molecule has 0 saturated heterocycles. The molecule has 0 saturated carbocycles. The third kappa shape index (κ3) is 2.84. The van der Waals surface area contributed by atoms with Crippen LogP contribution in [-0.2, 0) is 4.75 Å². The maximum atomic E-state index is 12.6. The van der Waals surface area contributed by atoms with E-state index in [0.29, 0.717) is 18.8 Å². The Bertz CT molecular complexity index is 450. The van der Waals surface area contributed by atoms with Gasteiger partial charge < -0.3 is 9.84 Å². The number of aliphatic hydroxyl groups is 1. The summed E-state index contributed by atoms with van der Waals surface area (Å²) in [4.78, 5) is 0. The number of ether oxygens (including phenoxy) is 1. The number of para-hydroxylation sites is 1. The molecule has 2 rings (SSSR count). The van der Waals surface area contributed by atoms with Crippen LogP contribution >= 0.6 is 11.8 Å². The third-order valence-corrected chi connectivity index (χ3v) is 4.81. The quantitative estimate of drug-likeness (QED) is 0.926. The zero-order chi connectivity index (χ0) is 14.1. The molecule has 6 heteroatoms. The molecule has 106 valence electrons. The Labute approximate surface area is 114 Å². The molecule has 0 spiro atoms. The molecule has 0 amide bonds. The average molecular weight is 292 g/mol. The van der Waals surface area contributed by atoms with Crippen LogP contribution in [0.4, 0.5) is 13.2 Å². The number of thioether (sulfide) groups is 1. The van der Waals surface area contributed by atoms with Crippen molar-refractivity contribution in [3.63, 3.8) is 0 Å². The lowest BCUT2D eigenvalue weighted by atomic mass is 9.87. The molecule has 0 radical (unpaired) electrons. The molecule has 19 heavy (non-hydrogen) atoms. The Morgan fingerprint density at radius 3 is 2.74 bits per heavy atom. The second-order valence-electron chi connectivity index (χ2n) is 4.55. The largest absolute Gasteiger partial charge is 0.493 e. The maximum absolute atomic E-state index is 12.6. The van der Waals surface area contributed by atoms with Crippen molar-refractivity contribution < 1.29 is 23.0 Å². The Morgan fingerprint density at radius 2 is 2.11 bits per heavy atom. The summed E-state index contributed by atoms with van der Waals surface area (Å²) >= 11 is 1.34. The van der Waals surface area contributed by atoms with Crippen LogP contribution in [0.3, 0.4) is 0 Å². The van der Waals surface area contributed by atoms with Gasteiger partial charge in [0.2, 0.25) is 0 Å². The van der Waals surface area contributed by atoms with Crippen LogP contribution in [0.2, 0.25) is 0 Å². The summed E-state index contributed by atoms with van der Waals surface area (Å²) < 4.78 is 42.5.